The van der Waals surface area contributed by atoms with Crippen molar-refractivity contribution < 1.29 is 28.5 Å². The van der Waals surface area contributed by atoms with E-state index >= 15 is 0 Å². The smallest absolute Gasteiger partial charge is 0.273 e. The lowest BCUT2D eigenvalue weighted by atomic mass is 10.1. The van der Waals surface area contributed by atoms with Gasteiger partial charge in [-0.1, -0.05) is 11.6 Å². The zero-order valence-corrected chi connectivity index (χ0v) is 16.7. The molecule has 0 aromatic heterocycles. The summed E-state index contributed by atoms with van der Waals surface area (Å²) in [7, 11) is 5.90. The van der Waals surface area contributed by atoms with Crippen LogP contribution in [0.15, 0.2) is 30.3 Å². The molecule has 9 heteroatoms. The van der Waals surface area contributed by atoms with Crippen LogP contribution >= 0.6 is 11.6 Å². The number of methoxy groups -OCH3 is 4. The van der Waals surface area contributed by atoms with E-state index in [1.165, 1.54) is 34.5 Å². The highest BCUT2D eigenvalue weighted by Gasteiger charge is 2.16. The molecule has 2 rings (SSSR count). The van der Waals surface area contributed by atoms with Gasteiger partial charge in [-0.15, -0.1) is 0 Å². The highest BCUT2D eigenvalue weighted by Crippen LogP contribution is 2.38. The fraction of sp³-hybridized carbons (Fsp3) is 0.263. The summed E-state index contributed by atoms with van der Waals surface area (Å²) in [4.78, 5) is 24.5. The van der Waals surface area contributed by atoms with E-state index in [9.17, 15) is 9.59 Å². The van der Waals surface area contributed by atoms with Crippen molar-refractivity contribution in [1.82, 2.24) is 10.9 Å². The van der Waals surface area contributed by atoms with E-state index in [2.05, 4.69) is 10.9 Å². The maximum Gasteiger partial charge on any atom is 0.273 e. The number of hydrazine groups is 1. The Morgan fingerprint density at radius 2 is 1.46 bits per heavy atom. The van der Waals surface area contributed by atoms with Gasteiger partial charge in [-0.05, 0) is 35.9 Å². The van der Waals surface area contributed by atoms with Crippen LogP contribution in [0.25, 0.3) is 0 Å². The van der Waals surface area contributed by atoms with E-state index in [1.54, 1.807) is 24.3 Å². The molecule has 2 aromatic carbocycles. The number of benzene rings is 2. The number of rotatable bonds is 7. The molecule has 8 nitrogen and oxygen atoms in total. The molecule has 0 saturated carbocycles. The Morgan fingerprint density at radius 1 is 0.857 bits per heavy atom. The third-order valence-electron chi connectivity index (χ3n) is 3.81. The van der Waals surface area contributed by atoms with Crippen LogP contribution in [-0.4, -0.2) is 40.3 Å². The molecule has 0 radical (unpaired) electrons. The Balaban J connectivity index is 2.07. The standard InChI is InChI=1S/C19H21ClN2O6/c1-25-14-6-5-12(20)10-13(14)19(24)22-21-17(23)9-11-7-15(26-2)18(28-4)16(8-11)27-3/h5-8,10H,9H2,1-4H3,(H,21,23)(H,22,24). The summed E-state index contributed by atoms with van der Waals surface area (Å²) in [6.07, 6.45) is -0.0241. The van der Waals surface area contributed by atoms with Gasteiger partial charge in [0.05, 0.1) is 40.4 Å². The zero-order chi connectivity index (χ0) is 20.7. The van der Waals surface area contributed by atoms with Crippen molar-refractivity contribution >= 4 is 23.4 Å². The van der Waals surface area contributed by atoms with Crippen LogP contribution in [0.4, 0.5) is 0 Å². The Labute approximate surface area is 167 Å². The number of carbonyl (C=O) groups is 2. The van der Waals surface area contributed by atoms with Gasteiger partial charge in [0.25, 0.3) is 5.91 Å². The van der Waals surface area contributed by atoms with E-state index in [1.807, 2.05) is 0 Å². The van der Waals surface area contributed by atoms with Gasteiger partial charge in [-0.25, -0.2) is 0 Å². The summed E-state index contributed by atoms with van der Waals surface area (Å²) in [5.41, 5.74) is 5.50. The molecule has 0 fully saturated rings. The van der Waals surface area contributed by atoms with Gasteiger partial charge in [0.2, 0.25) is 11.7 Å². The van der Waals surface area contributed by atoms with Gasteiger partial charge < -0.3 is 18.9 Å². The van der Waals surface area contributed by atoms with Crippen molar-refractivity contribution in [3.63, 3.8) is 0 Å². The summed E-state index contributed by atoms with van der Waals surface area (Å²) in [5, 5.41) is 0.370. The van der Waals surface area contributed by atoms with Crippen molar-refractivity contribution in [3.05, 3.63) is 46.5 Å². The average Bonchev–Trinajstić information content (AvgIpc) is 2.71. The van der Waals surface area contributed by atoms with E-state index in [0.717, 1.165) is 0 Å². The number of amides is 2. The number of nitrogens with one attached hydrogen (secondary N) is 2. The van der Waals surface area contributed by atoms with Crippen molar-refractivity contribution in [2.75, 3.05) is 28.4 Å². The first-order valence-electron chi connectivity index (χ1n) is 8.15. The quantitative estimate of drug-likeness (QED) is 0.683. The van der Waals surface area contributed by atoms with Crippen molar-refractivity contribution in [1.29, 1.82) is 0 Å². The second-order valence-corrected chi connectivity index (χ2v) is 5.99. The molecule has 0 atom stereocenters. The summed E-state index contributed by atoms with van der Waals surface area (Å²) >= 11 is 5.91. The second-order valence-electron chi connectivity index (χ2n) is 5.56. The van der Waals surface area contributed by atoms with Crippen LogP contribution in [0.5, 0.6) is 23.0 Å². The SMILES string of the molecule is COc1ccc(Cl)cc1C(=O)NNC(=O)Cc1cc(OC)c(OC)c(OC)c1. The molecule has 0 saturated heterocycles. The van der Waals surface area contributed by atoms with E-state index in [0.29, 0.717) is 33.6 Å². The Hall–Kier alpha value is -3.13. The molecular weight excluding hydrogens is 388 g/mol. The lowest BCUT2D eigenvalue weighted by Gasteiger charge is -2.14. The van der Waals surface area contributed by atoms with Crippen LogP contribution in [-0.2, 0) is 11.2 Å². The summed E-state index contributed by atoms with van der Waals surface area (Å²) in [6, 6.07) is 7.92. The highest BCUT2D eigenvalue weighted by atomic mass is 35.5. The predicted octanol–water partition coefficient (Wildman–Crippen LogP) is 2.38. The fourth-order valence-corrected chi connectivity index (χ4v) is 2.69. The lowest BCUT2D eigenvalue weighted by molar-refractivity contribution is -0.121. The normalized spacial score (nSPS) is 10.0. The second kappa shape index (κ2) is 9.70. The van der Waals surface area contributed by atoms with Gasteiger partial charge in [0, 0.05) is 5.02 Å². The molecule has 0 aliphatic rings. The fourth-order valence-electron chi connectivity index (χ4n) is 2.52. The molecule has 0 aliphatic carbocycles. The minimum atomic E-state index is -0.558. The molecule has 0 unspecified atom stereocenters. The van der Waals surface area contributed by atoms with E-state index in [4.69, 9.17) is 30.5 Å². The molecule has 2 amide bonds. The maximum absolute atomic E-state index is 12.3. The summed E-state index contributed by atoms with van der Waals surface area (Å²) in [6.45, 7) is 0. The largest absolute Gasteiger partial charge is 0.496 e. The lowest BCUT2D eigenvalue weighted by Crippen LogP contribution is -2.42. The molecule has 2 N–H and O–H groups in total. The molecule has 0 heterocycles. The molecule has 150 valence electrons. The average molecular weight is 409 g/mol. The van der Waals surface area contributed by atoms with E-state index in [-0.39, 0.29) is 12.0 Å². The monoisotopic (exact) mass is 408 g/mol. The minimum Gasteiger partial charge on any atom is -0.496 e. The number of halogens is 1. The molecular formula is C19H21ClN2O6. The maximum atomic E-state index is 12.3. The van der Waals surface area contributed by atoms with Crippen molar-refractivity contribution in [2.45, 2.75) is 6.42 Å². The Morgan fingerprint density at radius 3 is 2.00 bits per heavy atom. The minimum absolute atomic E-state index is 0.0241. The van der Waals surface area contributed by atoms with Crippen LogP contribution < -0.4 is 29.8 Å². The number of hydrogen-bond donors (Lipinski definition) is 2. The van der Waals surface area contributed by atoms with Gasteiger partial charge in [0.1, 0.15) is 5.75 Å². The molecule has 28 heavy (non-hydrogen) atoms. The molecule has 2 aromatic rings. The van der Waals surface area contributed by atoms with Gasteiger partial charge in [-0.3, -0.25) is 20.4 Å². The topological polar surface area (TPSA) is 95.1 Å². The van der Waals surface area contributed by atoms with Crippen LogP contribution in [0.2, 0.25) is 5.02 Å². The van der Waals surface area contributed by atoms with Crippen LogP contribution in [0.1, 0.15) is 15.9 Å². The van der Waals surface area contributed by atoms with Crippen LogP contribution in [0.3, 0.4) is 0 Å². The first-order chi connectivity index (χ1) is 13.4. The van der Waals surface area contributed by atoms with Crippen molar-refractivity contribution in [2.24, 2.45) is 0 Å². The Bertz CT molecular complexity index is 846. The van der Waals surface area contributed by atoms with Gasteiger partial charge >= 0.3 is 0 Å². The van der Waals surface area contributed by atoms with Crippen molar-refractivity contribution in [3.8, 4) is 23.0 Å². The summed E-state index contributed by atoms with van der Waals surface area (Å²) in [5.74, 6) is 0.618. The first-order valence-corrected chi connectivity index (χ1v) is 8.52. The number of hydrogen-bond acceptors (Lipinski definition) is 6. The molecule has 0 aliphatic heterocycles. The zero-order valence-electron chi connectivity index (χ0n) is 15.9. The van der Waals surface area contributed by atoms with E-state index < -0.39 is 11.8 Å². The van der Waals surface area contributed by atoms with Crippen LogP contribution in [0, 0.1) is 0 Å². The number of carbonyl (C=O) groups excluding carboxylic acids is 2. The third-order valence-corrected chi connectivity index (χ3v) is 4.05. The van der Waals surface area contributed by atoms with Gasteiger partial charge in [-0.2, -0.15) is 0 Å². The third kappa shape index (κ3) is 4.98. The predicted molar refractivity (Wildman–Crippen MR) is 103 cm³/mol. The number of ether oxygens (including phenoxy) is 4. The summed E-state index contributed by atoms with van der Waals surface area (Å²) < 4.78 is 20.9. The molecule has 0 spiro atoms. The van der Waals surface area contributed by atoms with Gasteiger partial charge in [0.15, 0.2) is 11.5 Å². The highest BCUT2D eigenvalue weighted by molar-refractivity contribution is 6.31. The molecule has 0 bridgehead atoms. The first kappa shape index (κ1) is 21.2. The Kier molecular flexibility index (Phi) is 7.34.